The summed E-state index contributed by atoms with van der Waals surface area (Å²) in [4.78, 5) is 82.8. The third-order valence-electron chi connectivity index (χ3n) is 10.2. The van der Waals surface area contributed by atoms with Gasteiger partial charge in [-0.15, -0.1) is 11.8 Å². The lowest BCUT2D eigenvalue weighted by Crippen LogP contribution is -2.70. The maximum Gasteiger partial charge on any atom is 0.514 e. The van der Waals surface area contributed by atoms with E-state index >= 15 is 0 Å². The normalized spacial score (nSPS) is 17.9. The lowest BCUT2D eigenvalue weighted by Gasteiger charge is -2.49. The molecule has 4 heterocycles. The van der Waals surface area contributed by atoms with Crippen LogP contribution in [-0.2, 0) is 46.5 Å². The molecule has 0 unspecified atom stereocenters. The molecular weight excluding hydrogens is 851 g/mol. The van der Waals surface area contributed by atoms with E-state index in [4.69, 9.17) is 18.9 Å². The van der Waals surface area contributed by atoms with Crippen LogP contribution in [0.15, 0.2) is 132 Å². The maximum absolute atomic E-state index is 14.5. The zero-order valence-electron chi connectivity index (χ0n) is 37.1. The van der Waals surface area contributed by atoms with Gasteiger partial charge in [0.05, 0.1) is 0 Å². The summed E-state index contributed by atoms with van der Waals surface area (Å²) in [7, 11) is 0. The predicted octanol–water partition coefficient (Wildman–Crippen LogP) is 6.98. The van der Waals surface area contributed by atoms with Crippen molar-refractivity contribution in [2.24, 2.45) is 0 Å². The molecule has 2 N–H and O–H groups in total. The number of rotatable bonds is 12. The number of anilines is 1. The predicted molar refractivity (Wildman–Crippen MR) is 241 cm³/mol. The molecule has 2 saturated heterocycles. The summed E-state index contributed by atoms with van der Waals surface area (Å²) in [5.41, 5.74) is 2.34. The van der Waals surface area contributed by atoms with Gasteiger partial charge in [0, 0.05) is 42.2 Å². The van der Waals surface area contributed by atoms with Crippen molar-refractivity contribution in [1.82, 2.24) is 15.1 Å². The molecule has 0 spiro atoms. The number of benzene rings is 3. The third-order valence-corrected chi connectivity index (χ3v) is 11.5. The Morgan fingerprint density at radius 2 is 1.45 bits per heavy atom. The Morgan fingerprint density at radius 1 is 0.831 bits per heavy atom. The summed E-state index contributed by atoms with van der Waals surface area (Å²) in [6, 6.07) is 27.7. The Kier molecular flexibility index (Phi) is 13.8. The van der Waals surface area contributed by atoms with Gasteiger partial charge in [-0.05, 0) is 101 Å². The quantitative estimate of drug-likeness (QED) is 0.0375. The summed E-state index contributed by atoms with van der Waals surface area (Å²) >= 11 is 1.37. The topological polar surface area (TPSA) is 174 Å². The summed E-state index contributed by atoms with van der Waals surface area (Å²) in [5.74, 6) is -1.17. The van der Waals surface area contributed by atoms with Crippen molar-refractivity contribution in [3.05, 3.63) is 149 Å². The van der Waals surface area contributed by atoms with E-state index in [1.807, 2.05) is 72.8 Å². The van der Waals surface area contributed by atoms with Crippen LogP contribution in [0.3, 0.4) is 0 Å². The van der Waals surface area contributed by atoms with Gasteiger partial charge in [0.25, 0.3) is 11.8 Å². The van der Waals surface area contributed by atoms with Crippen molar-refractivity contribution < 1.29 is 52.3 Å². The number of aromatic nitrogens is 1. The smallest absolute Gasteiger partial charge is 0.448 e. The molecule has 7 rings (SSSR count). The Bertz CT molecular complexity index is 2460. The van der Waals surface area contributed by atoms with Crippen molar-refractivity contribution in [2.45, 2.75) is 89.8 Å². The van der Waals surface area contributed by atoms with E-state index in [2.05, 4.69) is 10.6 Å². The molecule has 2 atom stereocenters. The average Bonchev–Trinajstić information content (AvgIpc) is 3.59. The van der Waals surface area contributed by atoms with Gasteiger partial charge < -0.3 is 34.5 Å². The molecule has 65 heavy (non-hydrogen) atoms. The minimum absolute atomic E-state index is 0.0254. The van der Waals surface area contributed by atoms with Crippen molar-refractivity contribution in [2.75, 3.05) is 17.6 Å². The number of esters is 1. The zero-order valence-corrected chi connectivity index (χ0v) is 37.9. The first-order valence-corrected chi connectivity index (χ1v) is 22.2. The number of nitrogens with zero attached hydrogens (tertiary/aromatic N) is 3. The van der Waals surface area contributed by atoms with E-state index in [9.17, 15) is 28.8 Å². The highest BCUT2D eigenvalue weighted by Crippen LogP contribution is 2.43. The molecule has 16 heteroatoms. The van der Waals surface area contributed by atoms with Gasteiger partial charge in [0.1, 0.15) is 34.1 Å². The standard InChI is InChI=1S/C49H51N5O10S/c1-48(2,3)63-46(59)51-39-43(57)54-40(45(58)62-41(32-13-9-7-10-14-32)33-15-11-8-12-16-33)35(30-65-44(39)54)27-34-23-26-53(42(34)56)28-31-21-24-52(25-22-31)29-38(55)50-36-17-19-37(20-18-36)61-47(60)64-49(4,5)6/h7-22,24-25,27,39,41,44H,23,26,28-30H2,1-6H3,(H-,50,51,55,59)/p+1/t39-,44-/m1/s1. The molecule has 0 radical (unpaired) electrons. The molecule has 338 valence electrons. The first-order chi connectivity index (χ1) is 30.9. The van der Waals surface area contributed by atoms with Gasteiger partial charge in [-0.3, -0.25) is 19.3 Å². The minimum atomic E-state index is -0.931. The number of nitrogens with one attached hydrogen (secondary N) is 2. The second kappa shape index (κ2) is 19.4. The zero-order chi connectivity index (χ0) is 46.5. The van der Waals surface area contributed by atoms with Crippen molar-refractivity contribution in [3.63, 3.8) is 0 Å². The molecule has 4 aromatic rings. The van der Waals surface area contributed by atoms with Gasteiger partial charge >= 0.3 is 18.2 Å². The molecule has 1 aromatic heterocycles. The second-order valence-corrected chi connectivity index (χ2v) is 18.8. The number of likely N-dealkylation sites (tertiary alicyclic amines) is 1. The maximum atomic E-state index is 14.5. The van der Waals surface area contributed by atoms with Gasteiger partial charge in [-0.2, -0.15) is 4.57 Å². The number of ether oxygens (including phenoxy) is 4. The molecule has 0 aliphatic carbocycles. The second-order valence-electron chi connectivity index (χ2n) is 17.7. The molecule has 3 aliphatic rings. The number of alkyl carbamates (subject to hydrolysis) is 1. The first-order valence-electron chi connectivity index (χ1n) is 21.2. The van der Waals surface area contributed by atoms with Gasteiger partial charge in [0.15, 0.2) is 18.5 Å². The van der Waals surface area contributed by atoms with Crippen LogP contribution in [0.2, 0.25) is 0 Å². The molecule has 4 amide bonds. The molecular formula is C49H52N5O10S+. The highest BCUT2D eigenvalue weighted by atomic mass is 32.2. The molecule has 0 bridgehead atoms. The first kappa shape index (κ1) is 46.1. The Balaban J connectivity index is 1.03. The van der Waals surface area contributed by atoms with Crippen LogP contribution < -0.4 is 19.9 Å². The Morgan fingerprint density at radius 3 is 2.05 bits per heavy atom. The highest BCUT2D eigenvalue weighted by molar-refractivity contribution is 8.00. The van der Waals surface area contributed by atoms with Crippen LogP contribution in [0.4, 0.5) is 15.3 Å². The Hall–Kier alpha value is -6.94. The van der Waals surface area contributed by atoms with E-state index in [1.54, 1.807) is 93.7 Å². The molecule has 0 saturated carbocycles. The summed E-state index contributed by atoms with van der Waals surface area (Å²) < 4.78 is 23.8. The number of amides is 4. The van der Waals surface area contributed by atoms with Crippen LogP contribution in [0.1, 0.15) is 70.8 Å². The van der Waals surface area contributed by atoms with E-state index in [-0.39, 0.29) is 35.6 Å². The van der Waals surface area contributed by atoms with E-state index in [0.717, 1.165) is 16.7 Å². The molecule has 2 fully saturated rings. The van der Waals surface area contributed by atoms with Crippen LogP contribution in [0.5, 0.6) is 5.75 Å². The van der Waals surface area contributed by atoms with Crippen molar-refractivity contribution >= 4 is 53.4 Å². The van der Waals surface area contributed by atoms with Crippen molar-refractivity contribution in [3.8, 4) is 5.75 Å². The van der Waals surface area contributed by atoms with Crippen LogP contribution in [0, 0.1) is 0 Å². The summed E-state index contributed by atoms with van der Waals surface area (Å²) in [6.07, 6.45) is 3.27. The van der Waals surface area contributed by atoms with E-state index < -0.39 is 52.8 Å². The minimum Gasteiger partial charge on any atom is -0.448 e. The number of hydrogen-bond acceptors (Lipinski definition) is 11. The summed E-state index contributed by atoms with van der Waals surface area (Å²) in [5, 5.41) is 4.89. The fourth-order valence-electron chi connectivity index (χ4n) is 7.35. The van der Waals surface area contributed by atoms with Gasteiger partial charge in [0.2, 0.25) is 12.5 Å². The summed E-state index contributed by atoms with van der Waals surface area (Å²) in [6.45, 7) is 11.2. The van der Waals surface area contributed by atoms with Gasteiger partial charge in [-0.1, -0.05) is 60.7 Å². The fourth-order valence-corrected chi connectivity index (χ4v) is 8.65. The van der Waals surface area contributed by atoms with Crippen molar-refractivity contribution in [1.29, 1.82) is 0 Å². The lowest BCUT2D eigenvalue weighted by atomic mass is 10.00. The van der Waals surface area contributed by atoms with E-state index in [1.165, 1.54) is 16.7 Å². The van der Waals surface area contributed by atoms with E-state index in [0.29, 0.717) is 36.3 Å². The number of hydrogen-bond donors (Lipinski definition) is 2. The highest BCUT2D eigenvalue weighted by Gasteiger charge is 2.55. The Labute approximate surface area is 381 Å². The third kappa shape index (κ3) is 11.8. The number of allylic oxidation sites excluding steroid dienone is 1. The fraction of sp³-hybridized carbons (Fsp3) is 0.327. The average molecular weight is 903 g/mol. The number of β-lactam (4-membered cyclic amide) rings is 1. The van der Waals surface area contributed by atoms with Crippen LogP contribution in [-0.4, -0.2) is 80.7 Å². The number of thioether (sulfide) groups is 1. The molecule has 3 aliphatic heterocycles. The number of carbonyl (C=O) groups is 6. The molecule has 15 nitrogen and oxygen atoms in total. The lowest BCUT2D eigenvalue weighted by molar-refractivity contribution is -0.684. The number of pyridine rings is 1. The largest absolute Gasteiger partial charge is 0.514 e. The number of fused-ring (bicyclic) bond motifs is 1. The monoisotopic (exact) mass is 902 g/mol. The van der Waals surface area contributed by atoms with Gasteiger partial charge in [-0.25, -0.2) is 14.4 Å². The molecule has 3 aromatic carbocycles. The SMILES string of the molecule is CC(C)(C)OC(=O)N[C@@H]1C(=O)N2C(C(=O)OC(c3ccccc3)c3ccccc3)=C(C=C3CCN(Cc4cc[n+](CC(=O)Nc5ccc(OC(=O)OC(C)(C)C)cc5)cc4)C3=O)CS[C@H]12. The van der Waals surface area contributed by atoms with Crippen LogP contribution >= 0.6 is 11.8 Å². The number of carbonyl (C=O) groups excluding carboxylic acids is 6. The van der Waals surface area contributed by atoms with Crippen LogP contribution in [0.25, 0.3) is 0 Å².